The summed E-state index contributed by atoms with van der Waals surface area (Å²) in [5.74, 6) is 0. The van der Waals surface area contributed by atoms with Crippen LogP contribution in [0.4, 0.5) is 0 Å². The molecule has 4 aromatic heterocycles. The first-order valence-corrected chi connectivity index (χ1v) is 14.6. The highest BCUT2D eigenvalue weighted by molar-refractivity contribution is 6.32. The number of benzene rings is 2. The van der Waals surface area contributed by atoms with Crippen molar-refractivity contribution in [2.24, 2.45) is 0 Å². The van der Waals surface area contributed by atoms with Gasteiger partial charge in [0.15, 0.2) is 24.8 Å². The number of unbranched alkanes of at least 4 members (excludes halogenated alkanes) is 7. The highest BCUT2D eigenvalue weighted by atomic mass is 35.5. The monoisotopic (exact) mass is 544 g/mol. The van der Waals surface area contributed by atoms with Gasteiger partial charge in [0.25, 0.3) is 0 Å². The fourth-order valence-electron chi connectivity index (χ4n) is 5.66. The fourth-order valence-corrected chi connectivity index (χ4v) is 6.00. The second kappa shape index (κ2) is 11.3. The van der Waals surface area contributed by atoms with E-state index >= 15 is 0 Å². The molecule has 194 valence electrons. The Morgan fingerprint density at radius 2 is 0.895 bits per heavy atom. The predicted octanol–water partition coefficient (Wildman–Crippen LogP) is 8.66. The molecule has 0 amide bonds. The second-order valence-electron chi connectivity index (χ2n) is 10.5. The minimum Gasteiger partial charge on any atom is -0.350 e. The van der Waals surface area contributed by atoms with Gasteiger partial charge >= 0.3 is 0 Å². The maximum atomic E-state index is 6.19. The third kappa shape index (κ3) is 5.52. The molecule has 0 aliphatic carbocycles. The molecule has 0 spiro atoms. The lowest BCUT2D eigenvalue weighted by molar-refractivity contribution is -0.696. The Balaban J connectivity index is 0.880. The number of halogens is 2. The van der Waals surface area contributed by atoms with Crippen LogP contribution in [0.3, 0.4) is 0 Å². The molecule has 0 atom stereocenters. The minimum absolute atomic E-state index is 0.781. The number of fused-ring (bicyclic) bond motifs is 6. The van der Waals surface area contributed by atoms with E-state index in [1.807, 2.05) is 24.3 Å². The van der Waals surface area contributed by atoms with Gasteiger partial charge in [-0.1, -0.05) is 48.9 Å². The molecule has 0 saturated carbocycles. The lowest BCUT2D eigenvalue weighted by atomic mass is 10.1. The van der Waals surface area contributed by atoms with E-state index in [4.69, 9.17) is 23.2 Å². The molecule has 6 aromatic rings. The number of aromatic amines is 2. The SMILES string of the molecule is Clc1ccc2[nH]c3c[n+](CCCCCCCCCC[n+]4ccc5c(c4)[nH]c4ccc(Cl)cc45)ccc3c2c1. The van der Waals surface area contributed by atoms with Crippen LogP contribution in [0.15, 0.2) is 73.3 Å². The zero-order valence-electron chi connectivity index (χ0n) is 21.6. The molecule has 0 unspecified atom stereocenters. The van der Waals surface area contributed by atoms with Crippen molar-refractivity contribution in [3.05, 3.63) is 83.4 Å². The van der Waals surface area contributed by atoms with Crippen molar-refractivity contribution >= 4 is 66.8 Å². The normalized spacial score (nSPS) is 11.9. The van der Waals surface area contributed by atoms with E-state index in [1.165, 1.54) is 83.9 Å². The van der Waals surface area contributed by atoms with Crippen molar-refractivity contribution in [2.45, 2.75) is 64.5 Å². The molecule has 6 rings (SSSR count). The number of aryl methyl sites for hydroxylation is 2. The Kier molecular flexibility index (Phi) is 7.53. The summed E-state index contributed by atoms with van der Waals surface area (Å²) in [5, 5.41) is 6.42. The van der Waals surface area contributed by atoms with Gasteiger partial charge in [0.05, 0.1) is 0 Å². The topological polar surface area (TPSA) is 39.3 Å². The number of hydrogen-bond acceptors (Lipinski definition) is 0. The van der Waals surface area contributed by atoms with Crippen molar-refractivity contribution in [1.29, 1.82) is 0 Å². The van der Waals surface area contributed by atoms with E-state index in [2.05, 4.69) is 68.2 Å². The number of H-pyrrole nitrogens is 2. The average Bonchev–Trinajstić information content (AvgIpc) is 3.46. The summed E-state index contributed by atoms with van der Waals surface area (Å²) in [6.07, 6.45) is 19.2. The Morgan fingerprint density at radius 1 is 0.474 bits per heavy atom. The van der Waals surface area contributed by atoms with Crippen LogP contribution in [0.1, 0.15) is 51.4 Å². The lowest BCUT2D eigenvalue weighted by Gasteiger charge is -2.02. The van der Waals surface area contributed by atoms with E-state index in [-0.39, 0.29) is 0 Å². The summed E-state index contributed by atoms with van der Waals surface area (Å²) < 4.78 is 4.61. The van der Waals surface area contributed by atoms with Crippen LogP contribution in [-0.2, 0) is 13.1 Å². The molecule has 38 heavy (non-hydrogen) atoms. The molecular formula is C32H34Cl2N4+2. The standard InChI is InChI=1S/C32H32Cl2N4/c33-23-9-11-29-27(19-23)25-13-17-37(21-31(25)35-29)15-7-5-3-1-2-4-6-8-16-38-18-14-26-28-20-24(34)10-12-30(28)36-32(26)22-38/h9-14,17-22H,1-8,15-16H2/p+2. The van der Waals surface area contributed by atoms with Crippen molar-refractivity contribution < 1.29 is 9.13 Å². The summed E-state index contributed by atoms with van der Waals surface area (Å²) in [5.41, 5.74) is 4.63. The Morgan fingerprint density at radius 3 is 1.34 bits per heavy atom. The van der Waals surface area contributed by atoms with Crippen LogP contribution in [0.5, 0.6) is 0 Å². The van der Waals surface area contributed by atoms with E-state index in [0.717, 1.165) is 34.2 Å². The van der Waals surface area contributed by atoms with Gasteiger partial charge in [-0.25, -0.2) is 9.13 Å². The molecule has 0 bridgehead atoms. The predicted molar refractivity (Wildman–Crippen MR) is 159 cm³/mol. The van der Waals surface area contributed by atoms with Gasteiger partial charge < -0.3 is 9.97 Å². The van der Waals surface area contributed by atoms with Crippen LogP contribution in [0.25, 0.3) is 43.6 Å². The first-order valence-electron chi connectivity index (χ1n) is 13.8. The summed E-state index contributed by atoms with van der Waals surface area (Å²) >= 11 is 12.4. The van der Waals surface area contributed by atoms with Crippen LogP contribution in [-0.4, -0.2) is 9.97 Å². The van der Waals surface area contributed by atoms with Crippen LogP contribution in [0, 0.1) is 0 Å². The van der Waals surface area contributed by atoms with Gasteiger partial charge in [0.1, 0.15) is 24.1 Å². The number of nitrogens with zero attached hydrogens (tertiary/aromatic N) is 2. The zero-order valence-corrected chi connectivity index (χ0v) is 23.2. The van der Waals surface area contributed by atoms with Gasteiger partial charge in [-0.2, -0.15) is 0 Å². The third-order valence-electron chi connectivity index (χ3n) is 7.70. The van der Waals surface area contributed by atoms with Crippen molar-refractivity contribution in [1.82, 2.24) is 9.97 Å². The Labute approximate surface area is 233 Å². The lowest BCUT2D eigenvalue weighted by Crippen LogP contribution is -2.32. The van der Waals surface area contributed by atoms with Gasteiger partial charge in [0, 0.05) is 67.6 Å². The highest BCUT2D eigenvalue weighted by Gasteiger charge is 2.11. The first-order chi connectivity index (χ1) is 18.6. The van der Waals surface area contributed by atoms with E-state index in [9.17, 15) is 0 Å². The quantitative estimate of drug-likeness (QED) is 0.121. The van der Waals surface area contributed by atoms with Crippen LogP contribution < -0.4 is 9.13 Å². The molecule has 0 aliphatic rings. The molecule has 0 radical (unpaired) electrons. The van der Waals surface area contributed by atoms with Gasteiger partial charge in [-0.15, -0.1) is 0 Å². The molecule has 2 N–H and O–H groups in total. The molecule has 2 aromatic carbocycles. The molecule has 6 heteroatoms. The van der Waals surface area contributed by atoms with Crippen molar-refractivity contribution in [2.75, 3.05) is 0 Å². The zero-order chi connectivity index (χ0) is 25.9. The maximum absolute atomic E-state index is 6.19. The van der Waals surface area contributed by atoms with Crippen molar-refractivity contribution in [3.63, 3.8) is 0 Å². The number of rotatable bonds is 11. The van der Waals surface area contributed by atoms with Gasteiger partial charge in [0.2, 0.25) is 0 Å². The second-order valence-corrected chi connectivity index (χ2v) is 11.4. The molecule has 0 aliphatic heterocycles. The number of aromatic nitrogens is 4. The summed E-state index contributed by atoms with van der Waals surface area (Å²) in [6.45, 7) is 2.13. The smallest absolute Gasteiger partial charge is 0.193 e. The Hall–Kier alpha value is -3.08. The summed E-state index contributed by atoms with van der Waals surface area (Å²) in [6, 6.07) is 16.5. The maximum Gasteiger partial charge on any atom is 0.193 e. The van der Waals surface area contributed by atoms with E-state index in [1.54, 1.807) is 0 Å². The summed E-state index contributed by atoms with van der Waals surface area (Å²) in [7, 11) is 0. The van der Waals surface area contributed by atoms with Gasteiger partial charge in [-0.3, -0.25) is 0 Å². The highest BCUT2D eigenvalue weighted by Crippen LogP contribution is 2.28. The molecular weight excluding hydrogens is 511 g/mol. The molecule has 4 nitrogen and oxygen atoms in total. The van der Waals surface area contributed by atoms with Crippen LogP contribution in [0.2, 0.25) is 10.0 Å². The van der Waals surface area contributed by atoms with Crippen LogP contribution >= 0.6 is 23.2 Å². The largest absolute Gasteiger partial charge is 0.350 e. The third-order valence-corrected chi connectivity index (χ3v) is 8.17. The minimum atomic E-state index is 0.781. The summed E-state index contributed by atoms with van der Waals surface area (Å²) in [4.78, 5) is 7.04. The Bertz CT molecular complexity index is 1590. The van der Waals surface area contributed by atoms with Crippen molar-refractivity contribution in [3.8, 4) is 0 Å². The number of pyridine rings is 2. The number of nitrogens with one attached hydrogen (secondary N) is 2. The first kappa shape index (κ1) is 25.2. The molecule has 0 saturated heterocycles. The van der Waals surface area contributed by atoms with E-state index < -0.39 is 0 Å². The molecule has 0 fully saturated rings. The number of hydrogen-bond donors (Lipinski definition) is 2. The fraction of sp³-hybridized carbons (Fsp3) is 0.312. The van der Waals surface area contributed by atoms with E-state index in [0.29, 0.717) is 0 Å². The van der Waals surface area contributed by atoms with Gasteiger partial charge in [-0.05, 0) is 49.2 Å². The molecule has 4 heterocycles. The average molecular weight is 546 g/mol.